The Morgan fingerprint density at radius 3 is 2.57 bits per heavy atom. The highest BCUT2D eigenvalue weighted by atomic mass is 35.5. The first kappa shape index (κ1) is 16.0. The highest BCUT2D eigenvalue weighted by Gasteiger charge is 2.26. The molecule has 1 aliphatic heterocycles. The van der Waals surface area contributed by atoms with Crippen LogP contribution in [0.4, 0.5) is 0 Å². The van der Waals surface area contributed by atoms with Crippen molar-refractivity contribution < 1.29 is 4.79 Å². The zero-order valence-electron chi connectivity index (χ0n) is 12.8. The van der Waals surface area contributed by atoms with Gasteiger partial charge < -0.3 is 10.6 Å². The second kappa shape index (κ2) is 7.57. The van der Waals surface area contributed by atoms with Gasteiger partial charge in [0.05, 0.1) is 5.69 Å². The van der Waals surface area contributed by atoms with Gasteiger partial charge in [0.15, 0.2) is 0 Å². The fourth-order valence-electron chi connectivity index (χ4n) is 2.91. The fourth-order valence-corrected chi connectivity index (χ4v) is 3.04. The molecule has 2 aromatic rings. The lowest BCUT2D eigenvalue weighted by Gasteiger charge is -2.26. The number of benzene rings is 1. The number of piperidine rings is 1. The van der Waals surface area contributed by atoms with Gasteiger partial charge in [-0.15, -0.1) is 0 Å². The van der Waals surface area contributed by atoms with E-state index in [9.17, 15) is 4.79 Å². The van der Waals surface area contributed by atoms with Crippen LogP contribution in [0.3, 0.4) is 0 Å². The zero-order valence-corrected chi connectivity index (χ0v) is 13.6. The molecule has 1 saturated heterocycles. The average Bonchev–Trinajstić information content (AvgIpc) is 2.59. The Kier molecular flexibility index (Phi) is 5.26. The molecule has 1 aliphatic rings. The number of rotatable bonds is 4. The van der Waals surface area contributed by atoms with Crippen molar-refractivity contribution in [2.45, 2.75) is 24.8 Å². The molecule has 1 aromatic heterocycles. The number of nitrogens with one attached hydrogen (secondary N) is 2. The Labute approximate surface area is 141 Å². The van der Waals surface area contributed by atoms with Crippen molar-refractivity contribution in [3.05, 3.63) is 64.9 Å². The van der Waals surface area contributed by atoms with Crippen molar-refractivity contribution in [2.24, 2.45) is 0 Å². The molecule has 0 aliphatic carbocycles. The molecule has 23 heavy (non-hydrogen) atoms. The molecule has 1 unspecified atom stereocenters. The summed E-state index contributed by atoms with van der Waals surface area (Å²) >= 11 is 5.97. The number of halogens is 1. The van der Waals surface area contributed by atoms with Gasteiger partial charge in [0.25, 0.3) is 0 Å². The maximum absolute atomic E-state index is 12.9. The molecule has 5 heteroatoms. The van der Waals surface area contributed by atoms with Crippen molar-refractivity contribution in [2.75, 3.05) is 13.1 Å². The minimum Gasteiger partial charge on any atom is -0.352 e. The molecule has 3 rings (SSSR count). The lowest BCUT2D eigenvalue weighted by Crippen LogP contribution is -2.44. The van der Waals surface area contributed by atoms with Crippen LogP contribution in [0.1, 0.15) is 30.0 Å². The molecule has 2 heterocycles. The van der Waals surface area contributed by atoms with Crippen LogP contribution in [0.2, 0.25) is 5.02 Å². The number of pyridine rings is 1. The van der Waals surface area contributed by atoms with Crippen LogP contribution in [0, 0.1) is 0 Å². The van der Waals surface area contributed by atoms with Gasteiger partial charge in [-0.2, -0.15) is 0 Å². The van der Waals surface area contributed by atoms with E-state index in [2.05, 4.69) is 15.6 Å². The summed E-state index contributed by atoms with van der Waals surface area (Å²) in [5.74, 6) is -0.415. The Morgan fingerprint density at radius 1 is 1.17 bits per heavy atom. The molecular weight excluding hydrogens is 310 g/mol. The van der Waals surface area contributed by atoms with E-state index >= 15 is 0 Å². The Balaban J connectivity index is 1.85. The third-order valence-electron chi connectivity index (χ3n) is 4.13. The minimum absolute atomic E-state index is 0.00192. The topological polar surface area (TPSA) is 54.0 Å². The number of aromatic nitrogens is 1. The summed E-state index contributed by atoms with van der Waals surface area (Å²) in [5.41, 5.74) is 1.65. The fraction of sp³-hybridized carbons (Fsp3) is 0.333. The van der Waals surface area contributed by atoms with Gasteiger partial charge >= 0.3 is 0 Å². The zero-order chi connectivity index (χ0) is 16.1. The second-order valence-electron chi connectivity index (χ2n) is 5.77. The molecule has 4 nitrogen and oxygen atoms in total. The van der Waals surface area contributed by atoms with Gasteiger partial charge in [0.2, 0.25) is 5.91 Å². The normalized spacial score (nSPS) is 16.7. The van der Waals surface area contributed by atoms with E-state index in [-0.39, 0.29) is 11.9 Å². The van der Waals surface area contributed by atoms with E-state index in [4.69, 9.17) is 11.6 Å². The Morgan fingerprint density at radius 2 is 1.91 bits per heavy atom. The number of amides is 1. The molecule has 0 bridgehead atoms. The summed E-state index contributed by atoms with van der Waals surface area (Å²) in [6.07, 6.45) is 3.64. The summed E-state index contributed by atoms with van der Waals surface area (Å²) in [5, 5.41) is 7.15. The molecule has 120 valence electrons. The molecular formula is C18H20ClN3O. The monoisotopic (exact) mass is 329 g/mol. The van der Waals surface area contributed by atoms with E-state index in [1.807, 2.05) is 42.5 Å². The van der Waals surface area contributed by atoms with Crippen LogP contribution in [-0.2, 0) is 4.79 Å². The lowest BCUT2D eigenvalue weighted by atomic mass is 9.93. The van der Waals surface area contributed by atoms with Crippen LogP contribution >= 0.6 is 11.6 Å². The van der Waals surface area contributed by atoms with Crippen LogP contribution < -0.4 is 10.6 Å². The quantitative estimate of drug-likeness (QED) is 0.907. The number of hydrogen-bond donors (Lipinski definition) is 2. The van der Waals surface area contributed by atoms with Crippen molar-refractivity contribution in [1.82, 2.24) is 15.6 Å². The average molecular weight is 330 g/mol. The van der Waals surface area contributed by atoms with Gasteiger partial charge in [0, 0.05) is 17.3 Å². The first-order chi connectivity index (χ1) is 11.2. The third-order valence-corrected chi connectivity index (χ3v) is 4.39. The lowest BCUT2D eigenvalue weighted by molar-refractivity contribution is -0.122. The summed E-state index contributed by atoms with van der Waals surface area (Å²) in [7, 11) is 0. The van der Waals surface area contributed by atoms with Crippen molar-refractivity contribution >= 4 is 17.5 Å². The summed E-state index contributed by atoms with van der Waals surface area (Å²) < 4.78 is 0. The minimum atomic E-state index is -0.414. The van der Waals surface area contributed by atoms with Crippen LogP contribution in [0.15, 0.2) is 48.7 Å². The van der Waals surface area contributed by atoms with Gasteiger partial charge in [-0.05, 0) is 55.8 Å². The number of carbonyl (C=O) groups excluding carboxylic acids is 1. The summed E-state index contributed by atoms with van der Waals surface area (Å²) in [6.45, 7) is 1.89. The molecule has 0 spiro atoms. The Bertz CT molecular complexity index is 639. The number of nitrogens with zero attached hydrogens (tertiary/aromatic N) is 1. The summed E-state index contributed by atoms with van der Waals surface area (Å²) in [4.78, 5) is 17.3. The highest BCUT2D eigenvalue weighted by molar-refractivity contribution is 6.30. The molecule has 0 radical (unpaired) electrons. The third kappa shape index (κ3) is 4.09. The highest BCUT2D eigenvalue weighted by Crippen LogP contribution is 2.25. The molecule has 1 atom stereocenters. The summed E-state index contributed by atoms with van der Waals surface area (Å²) in [6, 6.07) is 13.3. The largest absolute Gasteiger partial charge is 0.352 e. The number of carbonyl (C=O) groups is 1. The maximum atomic E-state index is 12.9. The van der Waals surface area contributed by atoms with E-state index in [0.717, 1.165) is 37.2 Å². The first-order valence-electron chi connectivity index (χ1n) is 7.91. The first-order valence-corrected chi connectivity index (χ1v) is 8.29. The molecule has 1 amide bonds. The van der Waals surface area contributed by atoms with Crippen LogP contribution in [0.25, 0.3) is 0 Å². The standard InChI is InChI=1S/C18H20ClN3O/c19-14-6-4-13(5-7-14)17(16-3-1-2-10-21-16)18(23)22-15-8-11-20-12-9-15/h1-7,10,15,17,20H,8-9,11-12H2,(H,22,23). The molecule has 2 N–H and O–H groups in total. The van der Waals surface area contributed by atoms with Crippen molar-refractivity contribution in [3.8, 4) is 0 Å². The SMILES string of the molecule is O=C(NC1CCNCC1)C(c1ccc(Cl)cc1)c1ccccn1. The van der Waals surface area contributed by atoms with E-state index in [1.165, 1.54) is 0 Å². The maximum Gasteiger partial charge on any atom is 0.233 e. The van der Waals surface area contributed by atoms with E-state index < -0.39 is 5.92 Å². The van der Waals surface area contributed by atoms with Gasteiger partial charge in [0.1, 0.15) is 5.92 Å². The van der Waals surface area contributed by atoms with Crippen LogP contribution in [0.5, 0.6) is 0 Å². The van der Waals surface area contributed by atoms with Gasteiger partial charge in [-0.25, -0.2) is 0 Å². The predicted molar refractivity (Wildman–Crippen MR) is 91.6 cm³/mol. The Hall–Kier alpha value is -1.91. The van der Waals surface area contributed by atoms with Crippen LogP contribution in [-0.4, -0.2) is 30.0 Å². The molecule has 0 saturated carbocycles. The van der Waals surface area contributed by atoms with E-state index in [0.29, 0.717) is 5.02 Å². The second-order valence-corrected chi connectivity index (χ2v) is 6.21. The smallest absolute Gasteiger partial charge is 0.233 e. The van der Waals surface area contributed by atoms with Gasteiger partial charge in [-0.1, -0.05) is 29.8 Å². The molecule has 1 aromatic carbocycles. The van der Waals surface area contributed by atoms with Gasteiger partial charge in [-0.3, -0.25) is 9.78 Å². The van der Waals surface area contributed by atoms with E-state index in [1.54, 1.807) is 6.20 Å². The predicted octanol–water partition coefficient (Wildman–Crippen LogP) is 2.74. The van der Waals surface area contributed by atoms with Crippen molar-refractivity contribution in [3.63, 3.8) is 0 Å². The van der Waals surface area contributed by atoms with Crippen molar-refractivity contribution in [1.29, 1.82) is 0 Å². The molecule has 1 fully saturated rings. The number of hydrogen-bond acceptors (Lipinski definition) is 3.